The molecule has 4 heteroatoms. The maximum Gasteiger partial charge on any atom is 0.127 e. The summed E-state index contributed by atoms with van der Waals surface area (Å²) >= 11 is 0. The molecule has 0 aliphatic carbocycles. The number of halogens is 1. The van der Waals surface area contributed by atoms with Crippen LogP contribution in [0.2, 0.25) is 0 Å². The number of hydrogen-bond acceptors (Lipinski definition) is 3. The van der Waals surface area contributed by atoms with Crippen LogP contribution in [0, 0.1) is 19.7 Å². The Morgan fingerprint density at radius 2 is 1.93 bits per heavy atom. The highest BCUT2D eigenvalue weighted by atomic mass is 19.1. The van der Waals surface area contributed by atoms with Crippen molar-refractivity contribution in [3.05, 3.63) is 28.6 Å². The second kappa shape index (κ2) is 4.16. The minimum absolute atomic E-state index is 0.0845. The summed E-state index contributed by atoms with van der Waals surface area (Å²) in [6.07, 6.45) is -1.06. The normalized spacial score (nSPS) is 15.1. The SMILES string of the molecule is Cc1cc(F)c(C)c(C(O)C(C)N)c1O. The molecule has 0 saturated heterocycles. The molecule has 1 aromatic carbocycles. The van der Waals surface area contributed by atoms with Gasteiger partial charge < -0.3 is 15.9 Å². The second-order valence-electron chi connectivity index (χ2n) is 3.87. The highest BCUT2D eigenvalue weighted by Gasteiger charge is 2.22. The molecule has 1 rings (SSSR count). The Kier molecular flexibility index (Phi) is 3.31. The van der Waals surface area contributed by atoms with E-state index in [1.54, 1.807) is 13.8 Å². The summed E-state index contributed by atoms with van der Waals surface area (Å²) in [6, 6.07) is 0.679. The molecule has 84 valence electrons. The Labute approximate surface area is 88.4 Å². The van der Waals surface area contributed by atoms with Crippen LogP contribution in [-0.4, -0.2) is 16.3 Å². The van der Waals surface area contributed by atoms with Crippen molar-refractivity contribution in [3.63, 3.8) is 0 Å². The van der Waals surface area contributed by atoms with Gasteiger partial charge in [-0.05, 0) is 38.0 Å². The monoisotopic (exact) mass is 213 g/mol. The fourth-order valence-corrected chi connectivity index (χ4v) is 1.51. The van der Waals surface area contributed by atoms with Crippen molar-refractivity contribution in [1.82, 2.24) is 0 Å². The van der Waals surface area contributed by atoms with Gasteiger partial charge in [0.05, 0.1) is 6.10 Å². The Bertz CT molecular complexity index is 351. The van der Waals surface area contributed by atoms with E-state index in [9.17, 15) is 14.6 Å². The quantitative estimate of drug-likeness (QED) is 0.698. The number of phenolic OH excluding ortho intramolecular Hbond substituents is 1. The van der Waals surface area contributed by atoms with Gasteiger partial charge in [0.25, 0.3) is 0 Å². The fourth-order valence-electron chi connectivity index (χ4n) is 1.51. The van der Waals surface area contributed by atoms with Gasteiger partial charge in [-0.25, -0.2) is 4.39 Å². The molecule has 0 aliphatic rings. The van der Waals surface area contributed by atoms with Gasteiger partial charge in [-0.1, -0.05) is 0 Å². The summed E-state index contributed by atoms with van der Waals surface area (Å²) in [7, 11) is 0. The average Bonchev–Trinajstić information content (AvgIpc) is 2.15. The van der Waals surface area contributed by atoms with Gasteiger partial charge in [0, 0.05) is 11.6 Å². The van der Waals surface area contributed by atoms with Crippen LogP contribution in [0.4, 0.5) is 4.39 Å². The summed E-state index contributed by atoms with van der Waals surface area (Å²) < 4.78 is 13.4. The smallest absolute Gasteiger partial charge is 0.127 e. The maximum atomic E-state index is 13.4. The van der Waals surface area contributed by atoms with Gasteiger partial charge in [0.2, 0.25) is 0 Å². The van der Waals surface area contributed by atoms with Crippen molar-refractivity contribution in [1.29, 1.82) is 0 Å². The Morgan fingerprint density at radius 3 is 2.40 bits per heavy atom. The van der Waals surface area contributed by atoms with E-state index >= 15 is 0 Å². The molecule has 3 nitrogen and oxygen atoms in total. The molecule has 0 spiro atoms. The van der Waals surface area contributed by atoms with Gasteiger partial charge in [-0.3, -0.25) is 0 Å². The first-order valence-electron chi connectivity index (χ1n) is 4.78. The van der Waals surface area contributed by atoms with E-state index in [0.29, 0.717) is 5.56 Å². The van der Waals surface area contributed by atoms with E-state index in [-0.39, 0.29) is 16.9 Å². The predicted octanol–water partition coefficient (Wildman–Crippen LogP) is 1.53. The Balaban J connectivity index is 3.39. The van der Waals surface area contributed by atoms with Gasteiger partial charge in [-0.15, -0.1) is 0 Å². The van der Waals surface area contributed by atoms with Gasteiger partial charge in [0.15, 0.2) is 0 Å². The summed E-state index contributed by atoms with van der Waals surface area (Å²) in [5, 5.41) is 19.5. The summed E-state index contributed by atoms with van der Waals surface area (Å²) in [5.74, 6) is -0.529. The van der Waals surface area contributed by atoms with E-state index in [1.165, 1.54) is 13.0 Å². The van der Waals surface area contributed by atoms with E-state index in [4.69, 9.17) is 5.73 Å². The topological polar surface area (TPSA) is 66.5 Å². The summed E-state index contributed by atoms with van der Waals surface area (Å²) in [5.41, 5.74) is 6.34. The van der Waals surface area contributed by atoms with Crippen LogP contribution >= 0.6 is 0 Å². The summed E-state index contributed by atoms with van der Waals surface area (Å²) in [6.45, 7) is 4.69. The maximum absolute atomic E-state index is 13.4. The number of aliphatic hydroxyl groups excluding tert-OH is 1. The third kappa shape index (κ3) is 2.11. The molecule has 0 radical (unpaired) electrons. The van der Waals surface area contributed by atoms with E-state index in [2.05, 4.69) is 0 Å². The van der Waals surface area contributed by atoms with Crippen LogP contribution in [0.25, 0.3) is 0 Å². The highest BCUT2D eigenvalue weighted by molar-refractivity contribution is 5.47. The van der Waals surface area contributed by atoms with Crippen LogP contribution in [0.15, 0.2) is 6.07 Å². The lowest BCUT2D eigenvalue weighted by molar-refractivity contribution is 0.148. The largest absolute Gasteiger partial charge is 0.507 e. The van der Waals surface area contributed by atoms with Crippen molar-refractivity contribution in [2.75, 3.05) is 0 Å². The lowest BCUT2D eigenvalue weighted by Crippen LogP contribution is -2.25. The minimum Gasteiger partial charge on any atom is -0.507 e. The molecule has 0 fully saturated rings. The van der Waals surface area contributed by atoms with Gasteiger partial charge in [-0.2, -0.15) is 0 Å². The second-order valence-corrected chi connectivity index (χ2v) is 3.87. The number of aromatic hydroxyl groups is 1. The van der Waals surface area contributed by atoms with Crippen LogP contribution in [0.3, 0.4) is 0 Å². The van der Waals surface area contributed by atoms with Crippen molar-refractivity contribution in [3.8, 4) is 5.75 Å². The molecule has 0 saturated carbocycles. The average molecular weight is 213 g/mol. The van der Waals surface area contributed by atoms with Gasteiger partial charge >= 0.3 is 0 Å². The van der Waals surface area contributed by atoms with Crippen LogP contribution in [0.5, 0.6) is 5.75 Å². The first-order chi connectivity index (χ1) is 6.86. The number of benzene rings is 1. The van der Waals surface area contributed by atoms with Crippen LogP contribution in [0.1, 0.15) is 29.7 Å². The fraction of sp³-hybridized carbons (Fsp3) is 0.455. The minimum atomic E-state index is -1.06. The first-order valence-corrected chi connectivity index (χ1v) is 4.78. The first kappa shape index (κ1) is 11.9. The molecule has 15 heavy (non-hydrogen) atoms. The molecule has 0 amide bonds. The molecular formula is C11H16FNO2. The van der Waals surface area contributed by atoms with Crippen molar-refractivity contribution in [2.45, 2.75) is 32.9 Å². The number of rotatable bonds is 2. The molecular weight excluding hydrogens is 197 g/mol. The number of hydrogen-bond donors (Lipinski definition) is 3. The van der Waals surface area contributed by atoms with E-state index < -0.39 is 18.0 Å². The molecule has 0 aromatic heterocycles. The zero-order valence-corrected chi connectivity index (χ0v) is 9.08. The van der Waals surface area contributed by atoms with Crippen molar-refractivity contribution in [2.24, 2.45) is 5.73 Å². The number of nitrogens with two attached hydrogens (primary N) is 1. The number of phenols is 1. The van der Waals surface area contributed by atoms with Crippen LogP contribution in [-0.2, 0) is 0 Å². The number of aliphatic hydroxyl groups is 1. The third-order valence-corrected chi connectivity index (χ3v) is 2.53. The zero-order chi connectivity index (χ0) is 11.7. The van der Waals surface area contributed by atoms with Gasteiger partial charge in [0.1, 0.15) is 11.6 Å². The lowest BCUT2D eigenvalue weighted by Gasteiger charge is -2.20. The molecule has 0 heterocycles. The van der Waals surface area contributed by atoms with Crippen LogP contribution < -0.4 is 5.73 Å². The lowest BCUT2D eigenvalue weighted by atomic mass is 9.95. The van der Waals surface area contributed by atoms with Crippen molar-refractivity contribution < 1.29 is 14.6 Å². The molecule has 1 aromatic rings. The Hall–Kier alpha value is -1.13. The molecule has 0 bridgehead atoms. The predicted molar refractivity (Wildman–Crippen MR) is 56.1 cm³/mol. The Morgan fingerprint density at radius 1 is 1.40 bits per heavy atom. The van der Waals surface area contributed by atoms with Crippen molar-refractivity contribution >= 4 is 0 Å². The zero-order valence-electron chi connectivity index (χ0n) is 9.08. The third-order valence-electron chi connectivity index (χ3n) is 2.53. The molecule has 2 atom stereocenters. The summed E-state index contributed by atoms with van der Waals surface area (Å²) in [4.78, 5) is 0. The molecule has 2 unspecified atom stereocenters. The molecule has 0 aliphatic heterocycles. The van der Waals surface area contributed by atoms with E-state index in [0.717, 1.165) is 0 Å². The number of aryl methyl sites for hydroxylation is 1. The highest BCUT2D eigenvalue weighted by Crippen LogP contribution is 2.33. The standard InChI is InChI=1S/C11H16FNO2/c1-5-4-8(12)6(2)9(10(5)14)11(15)7(3)13/h4,7,11,14-15H,13H2,1-3H3. The van der Waals surface area contributed by atoms with E-state index in [1.807, 2.05) is 0 Å². The molecule has 4 N–H and O–H groups in total.